The van der Waals surface area contributed by atoms with Crippen molar-refractivity contribution in [1.82, 2.24) is 18.8 Å². The monoisotopic (exact) mass is 478 g/mol. The molecule has 32 heavy (non-hydrogen) atoms. The molecule has 168 valence electrons. The highest BCUT2D eigenvalue weighted by molar-refractivity contribution is 7.98. The van der Waals surface area contributed by atoms with Gasteiger partial charge in [-0.3, -0.25) is 9.36 Å². The molecule has 11 heteroatoms. The number of sulfonamides is 1. The zero-order valence-corrected chi connectivity index (χ0v) is 18.7. The van der Waals surface area contributed by atoms with Crippen molar-refractivity contribution in [3.8, 4) is 5.69 Å². The summed E-state index contributed by atoms with van der Waals surface area (Å²) in [4.78, 5) is 18.1. The number of imidazole rings is 1. The van der Waals surface area contributed by atoms with Gasteiger partial charge < -0.3 is 4.90 Å². The van der Waals surface area contributed by atoms with Crippen molar-refractivity contribution >= 4 is 27.7 Å². The smallest absolute Gasteiger partial charge is 0.254 e. The van der Waals surface area contributed by atoms with E-state index in [9.17, 15) is 22.0 Å². The second-order valence-electron chi connectivity index (χ2n) is 7.11. The van der Waals surface area contributed by atoms with E-state index in [2.05, 4.69) is 4.98 Å². The van der Waals surface area contributed by atoms with Crippen LogP contribution in [-0.4, -0.2) is 65.5 Å². The van der Waals surface area contributed by atoms with E-state index in [4.69, 9.17) is 0 Å². The minimum Gasteiger partial charge on any atom is -0.336 e. The number of hydrogen-bond donors (Lipinski definition) is 0. The standard InChI is InChI=1S/C21H20F2N4O3S2/c1-31-21-24-7-8-27(21)17-4-2-3-15(13-17)20(28)25-9-11-26(12-10-25)32(29,30)19-14-16(22)5-6-18(19)23/h2-8,13-14H,9-12H2,1H3. The van der Waals surface area contributed by atoms with E-state index in [1.54, 1.807) is 29.3 Å². The van der Waals surface area contributed by atoms with Gasteiger partial charge in [0.2, 0.25) is 10.0 Å². The lowest BCUT2D eigenvalue weighted by Gasteiger charge is -2.34. The van der Waals surface area contributed by atoms with Crippen LogP contribution in [-0.2, 0) is 10.0 Å². The van der Waals surface area contributed by atoms with Gasteiger partial charge in [-0.25, -0.2) is 22.2 Å². The summed E-state index contributed by atoms with van der Waals surface area (Å²) in [7, 11) is -4.21. The van der Waals surface area contributed by atoms with E-state index in [1.807, 2.05) is 23.1 Å². The fourth-order valence-corrected chi connectivity index (χ4v) is 5.58. The molecule has 0 atom stereocenters. The van der Waals surface area contributed by atoms with Crippen molar-refractivity contribution in [3.05, 3.63) is 72.1 Å². The third-order valence-electron chi connectivity index (χ3n) is 5.20. The van der Waals surface area contributed by atoms with E-state index in [0.717, 1.165) is 27.3 Å². The van der Waals surface area contributed by atoms with Gasteiger partial charge in [-0.1, -0.05) is 17.8 Å². The summed E-state index contributed by atoms with van der Waals surface area (Å²) in [6.45, 7) is 0.254. The Bertz CT molecular complexity index is 1260. The first kappa shape index (κ1) is 22.4. The Hall–Kier alpha value is -2.76. The van der Waals surface area contributed by atoms with Crippen molar-refractivity contribution in [3.63, 3.8) is 0 Å². The Morgan fingerprint density at radius 1 is 1.06 bits per heavy atom. The van der Waals surface area contributed by atoms with Crippen LogP contribution in [0.4, 0.5) is 8.78 Å². The molecule has 1 amide bonds. The molecule has 1 aromatic heterocycles. The summed E-state index contributed by atoms with van der Waals surface area (Å²) < 4.78 is 55.9. The molecule has 0 aliphatic carbocycles. The lowest BCUT2D eigenvalue weighted by atomic mass is 10.1. The van der Waals surface area contributed by atoms with E-state index in [1.165, 1.54) is 11.8 Å². The molecule has 0 bridgehead atoms. The summed E-state index contributed by atoms with van der Waals surface area (Å²) in [5.41, 5.74) is 1.26. The first-order valence-electron chi connectivity index (χ1n) is 9.73. The maximum Gasteiger partial charge on any atom is 0.254 e. The van der Waals surface area contributed by atoms with Gasteiger partial charge in [0.1, 0.15) is 16.5 Å². The molecule has 0 radical (unpaired) electrons. The number of carbonyl (C=O) groups excluding carboxylic acids is 1. The van der Waals surface area contributed by atoms with Crippen LogP contribution < -0.4 is 0 Å². The highest BCUT2D eigenvalue weighted by atomic mass is 32.2. The van der Waals surface area contributed by atoms with Crippen LogP contribution in [0.3, 0.4) is 0 Å². The summed E-state index contributed by atoms with van der Waals surface area (Å²) >= 11 is 1.49. The number of rotatable bonds is 5. The Balaban J connectivity index is 1.48. The molecule has 2 aromatic carbocycles. The molecule has 1 fully saturated rings. The Labute approximate surface area is 188 Å². The predicted octanol–water partition coefficient (Wildman–Crippen LogP) is 3.02. The van der Waals surface area contributed by atoms with E-state index >= 15 is 0 Å². The highest BCUT2D eigenvalue weighted by Crippen LogP contribution is 2.23. The number of benzene rings is 2. The maximum absolute atomic E-state index is 14.0. The topological polar surface area (TPSA) is 75.5 Å². The zero-order chi connectivity index (χ0) is 22.9. The van der Waals surface area contributed by atoms with E-state index in [-0.39, 0.29) is 32.1 Å². The minimum absolute atomic E-state index is 0.0120. The first-order valence-corrected chi connectivity index (χ1v) is 12.4. The third kappa shape index (κ3) is 4.27. The third-order valence-corrected chi connectivity index (χ3v) is 7.78. The van der Waals surface area contributed by atoms with Gasteiger partial charge in [0.05, 0.1) is 0 Å². The van der Waals surface area contributed by atoms with Gasteiger partial charge in [-0.2, -0.15) is 4.31 Å². The molecule has 2 heterocycles. The number of aromatic nitrogens is 2. The van der Waals surface area contributed by atoms with Gasteiger partial charge in [-0.05, 0) is 42.7 Å². The second kappa shape index (κ2) is 9.00. The molecule has 1 aliphatic heterocycles. The van der Waals surface area contributed by atoms with Crippen LogP contribution in [0.2, 0.25) is 0 Å². The lowest BCUT2D eigenvalue weighted by molar-refractivity contribution is 0.0697. The zero-order valence-electron chi connectivity index (χ0n) is 17.1. The van der Waals surface area contributed by atoms with Crippen LogP contribution in [0.15, 0.2) is 64.9 Å². The Morgan fingerprint density at radius 3 is 2.53 bits per heavy atom. The fraction of sp³-hybridized carbons (Fsp3) is 0.238. The van der Waals surface area contributed by atoms with Crippen molar-refractivity contribution in [2.75, 3.05) is 32.4 Å². The molecule has 4 rings (SSSR count). The number of piperazine rings is 1. The van der Waals surface area contributed by atoms with Crippen LogP contribution in [0.1, 0.15) is 10.4 Å². The molecule has 3 aromatic rings. The second-order valence-corrected chi connectivity index (χ2v) is 9.79. The fourth-order valence-electron chi connectivity index (χ4n) is 3.55. The molecular weight excluding hydrogens is 458 g/mol. The van der Waals surface area contributed by atoms with Gasteiger partial charge >= 0.3 is 0 Å². The summed E-state index contributed by atoms with van der Waals surface area (Å²) in [5.74, 6) is -2.07. The van der Waals surface area contributed by atoms with E-state index in [0.29, 0.717) is 11.6 Å². The van der Waals surface area contributed by atoms with Crippen molar-refractivity contribution in [1.29, 1.82) is 0 Å². The van der Waals surface area contributed by atoms with Gasteiger partial charge in [0.25, 0.3) is 5.91 Å². The van der Waals surface area contributed by atoms with Crippen LogP contribution in [0.5, 0.6) is 0 Å². The lowest BCUT2D eigenvalue weighted by Crippen LogP contribution is -2.50. The van der Waals surface area contributed by atoms with Crippen molar-refractivity contribution in [2.24, 2.45) is 0 Å². The number of amides is 1. The van der Waals surface area contributed by atoms with Crippen molar-refractivity contribution in [2.45, 2.75) is 10.1 Å². The van der Waals surface area contributed by atoms with Crippen molar-refractivity contribution < 1.29 is 22.0 Å². The molecule has 1 saturated heterocycles. The average molecular weight is 479 g/mol. The molecule has 1 aliphatic rings. The normalized spacial score (nSPS) is 15.2. The Kier molecular flexibility index (Phi) is 6.31. The molecular formula is C21H20F2N4O3S2. The maximum atomic E-state index is 14.0. The molecule has 0 unspecified atom stereocenters. The van der Waals surface area contributed by atoms with Gasteiger partial charge in [-0.15, -0.1) is 0 Å². The number of thioether (sulfide) groups is 1. The molecule has 0 spiro atoms. The summed E-state index contributed by atoms with van der Waals surface area (Å²) in [6.07, 6.45) is 5.41. The highest BCUT2D eigenvalue weighted by Gasteiger charge is 2.32. The Morgan fingerprint density at radius 2 is 1.81 bits per heavy atom. The van der Waals surface area contributed by atoms with Gasteiger partial charge in [0.15, 0.2) is 5.16 Å². The average Bonchev–Trinajstić information content (AvgIpc) is 3.29. The first-order chi connectivity index (χ1) is 15.3. The number of carbonyl (C=O) groups is 1. The van der Waals surface area contributed by atoms with Crippen LogP contribution in [0, 0.1) is 11.6 Å². The summed E-state index contributed by atoms with van der Waals surface area (Å²) in [6, 6.07) is 9.44. The largest absolute Gasteiger partial charge is 0.336 e. The summed E-state index contributed by atoms with van der Waals surface area (Å²) in [5, 5.41) is 0.790. The van der Waals surface area contributed by atoms with Crippen LogP contribution >= 0.6 is 11.8 Å². The predicted molar refractivity (Wildman–Crippen MR) is 116 cm³/mol. The minimum atomic E-state index is -4.21. The number of hydrogen-bond acceptors (Lipinski definition) is 5. The van der Waals surface area contributed by atoms with E-state index < -0.39 is 26.6 Å². The number of halogens is 2. The molecule has 0 N–H and O–H groups in total. The number of nitrogens with zero attached hydrogens (tertiary/aromatic N) is 4. The quantitative estimate of drug-likeness (QED) is 0.527. The van der Waals surface area contributed by atoms with Gasteiger partial charge in [0, 0.05) is 49.8 Å². The molecule has 0 saturated carbocycles. The molecule has 7 nitrogen and oxygen atoms in total. The van der Waals surface area contributed by atoms with Crippen LogP contribution in [0.25, 0.3) is 5.69 Å². The SMILES string of the molecule is CSc1nccn1-c1cccc(C(=O)N2CCN(S(=O)(=O)c3cc(F)ccc3F)CC2)c1.